The lowest BCUT2D eigenvalue weighted by atomic mass is 10.1. The number of esters is 1. The third-order valence-corrected chi connectivity index (χ3v) is 5.32. The van der Waals surface area contributed by atoms with Crippen LogP contribution in [0.3, 0.4) is 0 Å². The van der Waals surface area contributed by atoms with Crippen molar-refractivity contribution in [3.05, 3.63) is 82.3 Å². The van der Waals surface area contributed by atoms with Crippen molar-refractivity contribution in [3.63, 3.8) is 0 Å². The lowest BCUT2D eigenvalue weighted by molar-refractivity contribution is -0.127. The Morgan fingerprint density at radius 1 is 1.06 bits per heavy atom. The number of rotatable bonds is 7. The first kappa shape index (κ1) is 23.0. The van der Waals surface area contributed by atoms with Gasteiger partial charge in [0.2, 0.25) is 5.91 Å². The van der Waals surface area contributed by atoms with Crippen LogP contribution < -0.4 is 5.32 Å². The molecule has 1 aliphatic rings. The SMILES string of the molecule is CCOC(=O)c1ccc(NC(=O)CN2C(=O)S/C(=C\C(C)=C\c3ccccc3)C2=O)cc1. The number of hydrogen-bond acceptors (Lipinski definition) is 6. The van der Waals surface area contributed by atoms with Crippen LogP contribution in [0.5, 0.6) is 0 Å². The van der Waals surface area contributed by atoms with E-state index in [-0.39, 0.29) is 11.5 Å². The first-order chi connectivity index (χ1) is 15.4. The number of carbonyl (C=O) groups is 4. The van der Waals surface area contributed by atoms with Crippen LogP contribution in [0.25, 0.3) is 6.08 Å². The molecule has 1 fully saturated rings. The third-order valence-electron chi connectivity index (χ3n) is 4.41. The Bertz CT molecular complexity index is 1090. The van der Waals surface area contributed by atoms with Crippen LogP contribution in [0.4, 0.5) is 10.5 Å². The van der Waals surface area contributed by atoms with Crippen molar-refractivity contribution in [1.82, 2.24) is 4.90 Å². The number of allylic oxidation sites excluding steroid dienone is 2. The van der Waals surface area contributed by atoms with Crippen molar-refractivity contribution in [3.8, 4) is 0 Å². The van der Waals surface area contributed by atoms with Gasteiger partial charge in [-0.25, -0.2) is 4.79 Å². The molecule has 1 saturated heterocycles. The summed E-state index contributed by atoms with van der Waals surface area (Å²) in [6.45, 7) is 3.43. The minimum atomic E-state index is -0.519. The summed E-state index contributed by atoms with van der Waals surface area (Å²) >= 11 is 0.805. The second kappa shape index (κ2) is 10.6. The van der Waals surface area contributed by atoms with Gasteiger partial charge in [0.05, 0.1) is 17.1 Å². The molecule has 0 spiro atoms. The van der Waals surface area contributed by atoms with Gasteiger partial charge in [-0.3, -0.25) is 19.3 Å². The van der Waals surface area contributed by atoms with E-state index in [2.05, 4.69) is 5.32 Å². The van der Waals surface area contributed by atoms with Gasteiger partial charge in [-0.15, -0.1) is 0 Å². The van der Waals surface area contributed by atoms with E-state index in [1.165, 1.54) is 12.1 Å². The molecule has 0 aromatic heterocycles. The molecular weight excluding hydrogens is 428 g/mol. The number of hydrogen-bond donors (Lipinski definition) is 1. The maximum atomic E-state index is 12.6. The van der Waals surface area contributed by atoms with Gasteiger partial charge in [-0.05, 0) is 67.1 Å². The average Bonchev–Trinajstić information content (AvgIpc) is 3.02. The van der Waals surface area contributed by atoms with Gasteiger partial charge in [-0.2, -0.15) is 0 Å². The molecule has 1 heterocycles. The highest BCUT2D eigenvalue weighted by Gasteiger charge is 2.36. The second-order valence-electron chi connectivity index (χ2n) is 6.91. The summed E-state index contributed by atoms with van der Waals surface area (Å²) in [6, 6.07) is 15.8. The molecule has 2 aromatic rings. The molecule has 7 nitrogen and oxygen atoms in total. The van der Waals surface area contributed by atoms with Crippen molar-refractivity contribution in [2.45, 2.75) is 13.8 Å². The van der Waals surface area contributed by atoms with Gasteiger partial charge in [0.15, 0.2) is 0 Å². The zero-order valence-electron chi connectivity index (χ0n) is 17.7. The average molecular weight is 451 g/mol. The molecule has 2 aromatic carbocycles. The Kier molecular flexibility index (Phi) is 7.62. The van der Waals surface area contributed by atoms with Crippen LogP contribution in [0.1, 0.15) is 29.8 Å². The highest BCUT2D eigenvalue weighted by Crippen LogP contribution is 2.31. The van der Waals surface area contributed by atoms with Crippen LogP contribution in [0.2, 0.25) is 0 Å². The molecule has 3 amide bonds. The van der Waals surface area contributed by atoms with Gasteiger partial charge >= 0.3 is 5.97 Å². The molecule has 1 aliphatic heterocycles. The normalized spacial score (nSPS) is 15.2. The highest BCUT2D eigenvalue weighted by molar-refractivity contribution is 8.18. The number of anilines is 1. The van der Waals surface area contributed by atoms with Gasteiger partial charge in [0, 0.05) is 5.69 Å². The molecule has 32 heavy (non-hydrogen) atoms. The van der Waals surface area contributed by atoms with Crippen molar-refractivity contribution in [2.24, 2.45) is 0 Å². The molecular formula is C24H22N2O5S. The van der Waals surface area contributed by atoms with Crippen LogP contribution >= 0.6 is 11.8 Å². The fourth-order valence-corrected chi connectivity index (χ4v) is 3.83. The molecule has 0 radical (unpaired) electrons. The van der Waals surface area contributed by atoms with E-state index in [0.29, 0.717) is 11.3 Å². The predicted octanol–water partition coefficient (Wildman–Crippen LogP) is 4.48. The summed E-state index contributed by atoms with van der Waals surface area (Å²) in [5.74, 6) is -1.48. The second-order valence-corrected chi connectivity index (χ2v) is 7.91. The van der Waals surface area contributed by atoms with Crippen LogP contribution in [-0.2, 0) is 14.3 Å². The van der Waals surface area contributed by atoms with Gasteiger partial charge in [0.1, 0.15) is 6.54 Å². The fraction of sp³-hybridized carbons (Fsp3) is 0.167. The lowest BCUT2D eigenvalue weighted by Crippen LogP contribution is -2.36. The minimum Gasteiger partial charge on any atom is -0.462 e. The van der Waals surface area contributed by atoms with Gasteiger partial charge < -0.3 is 10.1 Å². The summed E-state index contributed by atoms with van der Waals surface area (Å²) in [5, 5.41) is 2.12. The molecule has 0 saturated carbocycles. The molecule has 1 N–H and O–H groups in total. The Morgan fingerprint density at radius 2 is 1.75 bits per heavy atom. The Balaban J connectivity index is 1.62. The van der Waals surface area contributed by atoms with Gasteiger partial charge in [0.25, 0.3) is 11.1 Å². The number of amides is 3. The van der Waals surface area contributed by atoms with E-state index in [1.807, 2.05) is 43.3 Å². The summed E-state index contributed by atoms with van der Waals surface area (Å²) in [6.07, 6.45) is 3.55. The number of thioether (sulfide) groups is 1. The van der Waals surface area contributed by atoms with E-state index < -0.39 is 29.6 Å². The molecule has 0 atom stereocenters. The van der Waals surface area contributed by atoms with Crippen molar-refractivity contribution in [1.29, 1.82) is 0 Å². The Morgan fingerprint density at radius 3 is 2.41 bits per heavy atom. The van der Waals surface area contributed by atoms with Crippen LogP contribution in [-0.4, -0.2) is 41.1 Å². The molecule has 164 valence electrons. The summed E-state index contributed by atoms with van der Waals surface area (Å²) < 4.78 is 4.91. The number of nitrogens with one attached hydrogen (secondary N) is 1. The predicted molar refractivity (Wildman–Crippen MR) is 124 cm³/mol. The van der Waals surface area contributed by atoms with E-state index >= 15 is 0 Å². The number of imide groups is 1. The topological polar surface area (TPSA) is 92.8 Å². The van der Waals surface area contributed by atoms with Crippen LogP contribution in [0, 0.1) is 0 Å². The number of ether oxygens (including phenoxy) is 1. The Hall–Kier alpha value is -3.65. The number of nitrogens with zero attached hydrogens (tertiary/aromatic N) is 1. The standard InChI is InChI=1S/C24H22N2O5S/c1-3-31-23(29)18-9-11-19(12-10-18)25-21(27)15-26-22(28)20(32-24(26)30)14-16(2)13-17-7-5-4-6-8-17/h4-14H,3,15H2,1-2H3,(H,25,27)/b16-13+,20-14-. The first-order valence-electron chi connectivity index (χ1n) is 9.93. The summed E-state index contributed by atoms with van der Waals surface area (Å²) in [5.41, 5.74) is 2.59. The fourth-order valence-electron chi connectivity index (χ4n) is 2.95. The molecule has 3 rings (SSSR count). The maximum absolute atomic E-state index is 12.6. The summed E-state index contributed by atoms with van der Waals surface area (Å²) in [4.78, 5) is 50.1. The zero-order valence-corrected chi connectivity index (χ0v) is 18.5. The quantitative estimate of drug-likeness (QED) is 0.494. The van der Waals surface area contributed by atoms with E-state index in [9.17, 15) is 19.2 Å². The smallest absolute Gasteiger partial charge is 0.338 e. The van der Waals surface area contributed by atoms with Crippen molar-refractivity contribution < 1.29 is 23.9 Å². The molecule has 0 aliphatic carbocycles. The third kappa shape index (κ3) is 5.95. The van der Waals surface area contributed by atoms with E-state index in [0.717, 1.165) is 27.8 Å². The molecule has 0 unspecified atom stereocenters. The Labute approximate surface area is 190 Å². The van der Waals surface area contributed by atoms with Crippen molar-refractivity contribution in [2.75, 3.05) is 18.5 Å². The van der Waals surface area contributed by atoms with Crippen molar-refractivity contribution >= 4 is 46.5 Å². The van der Waals surface area contributed by atoms with E-state index in [1.54, 1.807) is 25.1 Å². The first-order valence-corrected chi connectivity index (χ1v) is 10.7. The zero-order chi connectivity index (χ0) is 23.1. The monoisotopic (exact) mass is 450 g/mol. The lowest BCUT2D eigenvalue weighted by Gasteiger charge is -2.12. The molecule has 8 heteroatoms. The molecule has 0 bridgehead atoms. The minimum absolute atomic E-state index is 0.269. The van der Waals surface area contributed by atoms with E-state index in [4.69, 9.17) is 4.74 Å². The summed E-state index contributed by atoms with van der Waals surface area (Å²) in [7, 11) is 0. The largest absolute Gasteiger partial charge is 0.462 e. The number of carbonyl (C=O) groups excluding carboxylic acids is 4. The van der Waals surface area contributed by atoms with Gasteiger partial charge in [-0.1, -0.05) is 36.4 Å². The van der Waals surface area contributed by atoms with Crippen LogP contribution in [0.15, 0.2) is 71.2 Å². The highest BCUT2D eigenvalue weighted by atomic mass is 32.2. The number of benzene rings is 2. The maximum Gasteiger partial charge on any atom is 0.338 e.